The fourth-order valence-electron chi connectivity index (χ4n) is 4.68. The van der Waals surface area contributed by atoms with Gasteiger partial charge in [0, 0.05) is 5.54 Å². The Morgan fingerprint density at radius 3 is 2.38 bits per heavy atom. The molecule has 4 aliphatic carbocycles. The van der Waals surface area contributed by atoms with Crippen molar-refractivity contribution in [2.45, 2.75) is 49.7 Å². The fourth-order valence-corrected chi connectivity index (χ4v) is 4.68. The zero-order chi connectivity index (χ0) is 11.4. The minimum absolute atomic E-state index is 0.0233. The van der Waals surface area contributed by atoms with Crippen molar-refractivity contribution in [3.63, 3.8) is 0 Å². The smallest absolute Gasteiger partial charge is 0.317 e. The van der Waals surface area contributed by atoms with Gasteiger partial charge in [0.2, 0.25) is 0 Å². The van der Waals surface area contributed by atoms with Crippen LogP contribution in [0.25, 0.3) is 0 Å². The van der Waals surface area contributed by atoms with E-state index in [1.54, 1.807) is 0 Å². The summed E-state index contributed by atoms with van der Waals surface area (Å²) in [5.41, 5.74) is -0.590. The molecule has 0 aromatic heterocycles. The van der Waals surface area contributed by atoms with Gasteiger partial charge in [-0.3, -0.25) is 4.79 Å². The molecule has 2 atom stereocenters. The van der Waals surface area contributed by atoms with E-state index < -0.39 is 11.6 Å². The van der Waals surface area contributed by atoms with E-state index in [0.29, 0.717) is 11.8 Å². The van der Waals surface area contributed by atoms with Crippen LogP contribution in [0.4, 0.5) is 0 Å². The Labute approximate surface area is 95.0 Å². The van der Waals surface area contributed by atoms with Gasteiger partial charge in [0.25, 0.3) is 0 Å². The van der Waals surface area contributed by atoms with Crippen molar-refractivity contribution < 1.29 is 15.0 Å². The average Bonchev–Trinajstić information content (AvgIpc) is 2.10. The van der Waals surface area contributed by atoms with Gasteiger partial charge in [-0.25, -0.2) is 0 Å². The molecule has 3 N–H and O–H groups in total. The van der Waals surface area contributed by atoms with Crippen molar-refractivity contribution >= 4 is 5.97 Å². The molecule has 0 aromatic carbocycles. The topological polar surface area (TPSA) is 69.6 Å². The maximum atomic E-state index is 10.6. The number of carboxylic acid groups (broad SMARTS) is 1. The van der Waals surface area contributed by atoms with Crippen LogP contribution in [0.2, 0.25) is 0 Å². The van der Waals surface area contributed by atoms with Gasteiger partial charge in [0.1, 0.15) is 0 Å². The number of aliphatic hydroxyl groups is 1. The lowest BCUT2D eigenvalue weighted by Crippen LogP contribution is -2.65. The minimum atomic E-state index is -0.803. The molecule has 4 aliphatic rings. The van der Waals surface area contributed by atoms with Crippen LogP contribution in [-0.2, 0) is 4.79 Å². The standard InChI is InChI=1S/C12H19NO3/c14-10(15)6-13-11-2-8-1-9(3-11)5-12(16,4-8)7-11/h8-9,13,16H,1-7H2,(H,14,15). The van der Waals surface area contributed by atoms with Gasteiger partial charge in [-0.1, -0.05) is 0 Å². The number of nitrogens with one attached hydrogen (secondary N) is 1. The first-order chi connectivity index (χ1) is 7.49. The van der Waals surface area contributed by atoms with Crippen molar-refractivity contribution in [2.75, 3.05) is 6.54 Å². The maximum absolute atomic E-state index is 10.6. The van der Waals surface area contributed by atoms with Crippen molar-refractivity contribution in [2.24, 2.45) is 11.8 Å². The molecular formula is C12H19NO3. The van der Waals surface area contributed by atoms with Crippen molar-refractivity contribution in [3.05, 3.63) is 0 Å². The molecular weight excluding hydrogens is 206 g/mol. The Morgan fingerprint density at radius 2 is 1.88 bits per heavy atom. The summed E-state index contributed by atoms with van der Waals surface area (Å²) < 4.78 is 0. The Bertz CT molecular complexity index is 314. The molecule has 4 bridgehead atoms. The number of hydrogen-bond acceptors (Lipinski definition) is 3. The van der Waals surface area contributed by atoms with E-state index in [1.807, 2.05) is 0 Å². The summed E-state index contributed by atoms with van der Waals surface area (Å²) in [6.07, 6.45) is 5.96. The zero-order valence-corrected chi connectivity index (χ0v) is 9.41. The highest BCUT2D eigenvalue weighted by molar-refractivity contribution is 5.69. The summed E-state index contributed by atoms with van der Waals surface area (Å²) in [5, 5.41) is 22.4. The van der Waals surface area contributed by atoms with Crippen LogP contribution in [0, 0.1) is 11.8 Å². The molecule has 0 aromatic rings. The lowest BCUT2D eigenvalue weighted by molar-refractivity contribution is -0.149. The molecule has 0 saturated heterocycles. The minimum Gasteiger partial charge on any atom is -0.480 e. The molecule has 0 aliphatic heterocycles. The fraction of sp³-hybridized carbons (Fsp3) is 0.917. The summed E-state index contributed by atoms with van der Waals surface area (Å²) in [4.78, 5) is 10.6. The first kappa shape index (κ1) is 10.5. The van der Waals surface area contributed by atoms with Gasteiger partial charge in [-0.05, 0) is 50.4 Å². The van der Waals surface area contributed by atoms with Crippen LogP contribution in [0.5, 0.6) is 0 Å². The number of carbonyl (C=O) groups is 1. The van der Waals surface area contributed by atoms with Crippen molar-refractivity contribution in [1.29, 1.82) is 0 Å². The van der Waals surface area contributed by atoms with Gasteiger partial charge in [-0.15, -0.1) is 0 Å². The van der Waals surface area contributed by atoms with Crippen LogP contribution in [0.15, 0.2) is 0 Å². The predicted molar refractivity (Wildman–Crippen MR) is 58.0 cm³/mol. The van der Waals surface area contributed by atoms with E-state index in [0.717, 1.165) is 32.1 Å². The number of aliphatic carboxylic acids is 1. The first-order valence-corrected chi connectivity index (χ1v) is 6.18. The Hall–Kier alpha value is -0.610. The largest absolute Gasteiger partial charge is 0.480 e. The molecule has 4 rings (SSSR count). The highest BCUT2D eigenvalue weighted by Gasteiger charge is 2.56. The lowest BCUT2D eigenvalue weighted by Gasteiger charge is -2.60. The van der Waals surface area contributed by atoms with Gasteiger partial charge < -0.3 is 15.5 Å². The molecule has 0 spiro atoms. The summed E-state index contributed by atoms with van der Waals surface area (Å²) >= 11 is 0. The molecule has 4 nitrogen and oxygen atoms in total. The summed E-state index contributed by atoms with van der Waals surface area (Å²) in [5.74, 6) is 0.405. The van der Waals surface area contributed by atoms with Gasteiger partial charge in [-0.2, -0.15) is 0 Å². The number of carboxylic acids is 1. The van der Waals surface area contributed by atoms with E-state index in [9.17, 15) is 9.90 Å². The third-order valence-corrected chi connectivity index (χ3v) is 4.64. The zero-order valence-electron chi connectivity index (χ0n) is 9.41. The van der Waals surface area contributed by atoms with Gasteiger partial charge >= 0.3 is 5.97 Å². The quantitative estimate of drug-likeness (QED) is 0.662. The highest BCUT2D eigenvalue weighted by atomic mass is 16.4. The molecule has 4 heteroatoms. The SMILES string of the molecule is O=C(O)CNC12CC3CC(CC(O)(C3)C1)C2. The summed E-state index contributed by atoms with van der Waals surface area (Å²) in [7, 11) is 0. The van der Waals surface area contributed by atoms with Crippen LogP contribution < -0.4 is 5.32 Å². The third kappa shape index (κ3) is 1.64. The molecule has 4 saturated carbocycles. The monoisotopic (exact) mass is 225 g/mol. The summed E-state index contributed by atoms with van der Waals surface area (Å²) in [6.45, 7) is 0.0233. The van der Waals surface area contributed by atoms with E-state index in [1.165, 1.54) is 6.42 Å². The number of rotatable bonds is 3. The second-order valence-corrected chi connectivity index (χ2v) is 6.21. The van der Waals surface area contributed by atoms with Crippen molar-refractivity contribution in [3.8, 4) is 0 Å². The van der Waals surface area contributed by atoms with Crippen LogP contribution in [0.3, 0.4) is 0 Å². The Balaban J connectivity index is 1.78. The summed E-state index contributed by atoms with van der Waals surface area (Å²) in [6, 6.07) is 0. The molecule has 0 amide bonds. The molecule has 4 fully saturated rings. The lowest BCUT2D eigenvalue weighted by atomic mass is 9.51. The second kappa shape index (κ2) is 3.20. The normalized spacial score (nSPS) is 49.6. The van der Waals surface area contributed by atoms with Crippen LogP contribution in [-0.4, -0.2) is 33.9 Å². The van der Waals surface area contributed by atoms with E-state index in [-0.39, 0.29) is 12.1 Å². The Morgan fingerprint density at radius 1 is 1.25 bits per heavy atom. The predicted octanol–water partition coefficient (Wildman–Crippen LogP) is 0.744. The number of hydrogen-bond donors (Lipinski definition) is 3. The first-order valence-electron chi connectivity index (χ1n) is 6.18. The van der Waals surface area contributed by atoms with E-state index in [2.05, 4.69) is 5.32 Å². The molecule has 16 heavy (non-hydrogen) atoms. The molecule has 2 unspecified atom stereocenters. The van der Waals surface area contributed by atoms with Gasteiger partial charge in [0.05, 0.1) is 12.1 Å². The molecule has 0 radical (unpaired) electrons. The van der Waals surface area contributed by atoms with E-state index >= 15 is 0 Å². The Kier molecular flexibility index (Phi) is 2.11. The van der Waals surface area contributed by atoms with Crippen LogP contribution in [0.1, 0.15) is 38.5 Å². The second-order valence-electron chi connectivity index (χ2n) is 6.21. The molecule has 0 heterocycles. The third-order valence-electron chi connectivity index (χ3n) is 4.64. The van der Waals surface area contributed by atoms with E-state index in [4.69, 9.17) is 5.11 Å². The van der Waals surface area contributed by atoms with Gasteiger partial charge in [0.15, 0.2) is 0 Å². The molecule has 90 valence electrons. The van der Waals surface area contributed by atoms with Crippen molar-refractivity contribution in [1.82, 2.24) is 5.32 Å². The average molecular weight is 225 g/mol. The highest BCUT2D eigenvalue weighted by Crippen LogP contribution is 2.57. The maximum Gasteiger partial charge on any atom is 0.317 e. The van der Waals surface area contributed by atoms with Crippen LogP contribution >= 0.6 is 0 Å².